The number of aromatic nitrogens is 1. The van der Waals surface area contributed by atoms with Gasteiger partial charge in [-0.05, 0) is 49.1 Å². The van der Waals surface area contributed by atoms with Crippen LogP contribution >= 0.6 is 0 Å². The van der Waals surface area contributed by atoms with Crippen molar-refractivity contribution in [2.75, 3.05) is 0 Å². The molecule has 3 rings (SSSR count). The fourth-order valence-electron chi connectivity index (χ4n) is 3.31. The molecule has 0 aliphatic rings. The topological polar surface area (TPSA) is 34.0 Å². The van der Waals surface area contributed by atoms with Gasteiger partial charge in [0.05, 0.1) is 0 Å². The summed E-state index contributed by atoms with van der Waals surface area (Å²) >= 11 is 0. The van der Waals surface area contributed by atoms with Gasteiger partial charge in [0.25, 0.3) is 5.91 Å². The number of carbonyl (C=O) groups is 1. The van der Waals surface area contributed by atoms with E-state index in [9.17, 15) is 4.79 Å². The SMILES string of the molecule is CCc1ccc2c(c1)c(C)c(C(=O)NCc1cccc(C)c1)n2C. The Balaban J connectivity index is 1.89. The first-order chi connectivity index (χ1) is 11.5. The Hall–Kier alpha value is -2.55. The van der Waals surface area contributed by atoms with Gasteiger partial charge < -0.3 is 9.88 Å². The quantitative estimate of drug-likeness (QED) is 0.764. The van der Waals surface area contributed by atoms with E-state index in [0.29, 0.717) is 6.54 Å². The second-order valence-corrected chi connectivity index (χ2v) is 6.41. The molecule has 24 heavy (non-hydrogen) atoms. The zero-order valence-electron chi connectivity index (χ0n) is 14.8. The lowest BCUT2D eigenvalue weighted by atomic mass is 10.1. The van der Waals surface area contributed by atoms with Gasteiger partial charge in [-0.25, -0.2) is 0 Å². The minimum Gasteiger partial charge on any atom is -0.347 e. The van der Waals surface area contributed by atoms with Crippen molar-refractivity contribution in [2.45, 2.75) is 33.7 Å². The maximum Gasteiger partial charge on any atom is 0.268 e. The highest BCUT2D eigenvalue weighted by molar-refractivity contribution is 6.01. The summed E-state index contributed by atoms with van der Waals surface area (Å²) in [5, 5.41) is 4.22. The highest BCUT2D eigenvalue weighted by Gasteiger charge is 2.18. The maximum atomic E-state index is 12.7. The van der Waals surface area contributed by atoms with Crippen LogP contribution in [0.4, 0.5) is 0 Å². The van der Waals surface area contributed by atoms with Gasteiger partial charge in [-0.15, -0.1) is 0 Å². The van der Waals surface area contributed by atoms with Crippen LogP contribution in [0.25, 0.3) is 10.9 Å². The molecule has 0 aliphatic carbocycles. The number of benzene rings is 2. The highest BCUT2D eigenvalue weighted by Crippen LogP contribution is 2.26. The second-order valence-electron chi connectivity index (χ2n) is 6.41. The standard InChI is InChI=1S/C21H24N2O/c1-5-16-9-10-19-18(12-16)15(3)20(23(19)4)21(24)22-13-17-8-6-7-14(2)11-17/h6-12H,5,13H2,1-4H3,(H,22,24). The summed E-state index contributed by atoms with van der Waals surface area (Å²) in [5.41, 5.74) is 6.51. The van der Waals surface area contributed by atoms with Gasteiger partial charge in [-0.3, -0.25) is 4.79 Å². The Morgan fingerprint density at radius 2 is 1.88 bits per heavy atom. The summed E-state index contributed by atoms with van der Waals surface area (Å²) in [7, 11) is 1.96. The number of aryl methyl sites for hydroxylation is 4. The largest absolute Gasteiger partial charge is 0.347 e. The van der Waals surface area contributed by atoms with Crippen molar-refractivity contribution in [3.63, 3.8) is 0 Å². The molecule has 124 valence electrons. The number of hydrogen-bond acceptors (Lipinski definition) is 1. The van der Waals surface area contributed by atoms with Crippen molar-refractivity contribution >= 4 is 16.8 Å². The third-order valence-corrected chi connectivity index (χ3v) is 4.68. The third kappa shape index (κ3) is 2.94. The van der Waals surface area contributed by atoms with Crippen LogP contribution in [0.5, 0.6) is 0 Å². The molecule has 0 saturated carbocycles. The summed E-state index contributed by atoms with van der Waals surface area (Å²) in [5.74, 6) is -0.0224. The molecule has 0 atom stereocenters. The van der Waals surface area contributed by atoms with Gasteiger partial charge in [0.15, 0.2) is 0 Å². The fraction of sp³-hybridized carbons (Fsp3) is 0.286. The predicted octanol–water partition coefficient (Wildman–Crippen LogP) is 4.29. The van der Waals surface area contributed by atoms with Crippen molar-refractivity contribution in [3.05, 3.63) is 70.4 Å². The Morgan fingerprint density at radius 3 is 2.58 bits per heavy atom. The van der Waals surface area contributed by atoms with Crippen molar-refractivity contribution in [3.8, 4) is 0 Å². The molecule has 0 aliphatic heterocycles. The molecule has 1 N–H and O–H groups in total. The molecule has 0 unspecified atom stereocenters. The van der Waals surface area contributed by atoms with E-state index in [-0.39, 0.29) is 5.91 Å². The van der Waals surface area contributed by atoms with E-state index in [4.69, 9.17) is 0 Å². The van der Waals surface area contributed by atoms with Crippen LogP contribution in [0, 0.1) is 13.8 Å². The Kier molecular flexibility index (Phi) is 4.43. The molecule has 1 amide bonds. The number of nitrogens with one attached hydrogen (secondary N) is 1. The van der Waals surface area contributed by atoms with Crippen molar-refractivity contribution in [1.82, 2.24) is 9.88 Å². The lowest BCUT2D eigenvalue weighted by Gasteiger charge is -2.08. The third-order valence-electron chi connectivity index (χ3n) is 4.68. The molecular weight excluding hydrogens is 296 g/mol. The normalized spacial score (nSPS) is 11.0. The van der Waals surface area contributed by atoms with E-state index >= 15 is 0 Å². The summed E-state index contributed by atoms with van der Waals surface area (Å²) in [6, 6.07) is 14.7. The number of hydrogen-bond donors (Lipinski definition) is 1. The molecule has 2 aromatic carbocycles. The molecule has 0 bridgehead atoms. The van der Waals surface area contributed by atoms with Crippen LogP contribution in [0.2, 0.25) is 0 Å². The van der Waals surface area contributed by atoms with E-state index in [0.717, 1.165) is 34.1 Å². The van der Waals surface area contributed by atoms with Crippen molar-refractivity contribution in [2.24, 2.45) is 7.05 Å². The molecule has 0 saturated heterocycles. The van der Waals surface area contributed by atoms with Crippen LogP contribution < -0.4 is 5.32 Å². The van der Waals surface area contributed by atoms with Crippen LogP contribution in [-0.2, 0) is 20.0 Å². The van der Waals surface area contributed by atoms with Crippen molar-refractivity contribution < 1.29 is 4.79 Å². The van der Waals surface area contributed by atoms with E-state index in [1.54, 1.807) is 0 Å². The number of nitrogens with zero attached hydrogens (tertiary/aromatic N) is 1. The number of amides is 1. The predicted molar refractivity (Wildman–Crippen MR) is 99.4 cm³/mol. The summed E-state index contributed by atoms with van der Waals surface area (Å²) in [6.45, 7) is 6.78. The van der Waals surface area contributed by atoms with Crippen molar-refractivity contribution in [1.29, 1.82) is 0 Å². The number of rotatable bonds is 4. The van der Waals surface area contributed by atoms with Gasteiger partial charge in [0.2, 0.25) is 0 Å². The first-order valence-corrected chi connectivity index (χ1v) is 8.43. The maximum absolute atomic E-state index is 12.7. The molecule has 0 fully saturated rings. The Labute approximate surface area is 143 Å². The monoisotopic (exact) mass is 320 g/mol. The Bertz CT molecular complexity index is 906. The highest BCUT2D eigenvalue weighted by atomic mass is 16.1. The zero-order chi connectivity index (χ0) is 17.3. The average molecular weight is 320 g/mol. The summed E-state index contributed by atoms with van der Waals surface area (Å²) in [4.78, 5) is 12.7. The smallest absolute Gasteiger partial charge is 0.268 e. The first-order valence-electron chi connectivity index (χ1n) is 8.43. The van der Waals surface area contributed by atoms with Gasteiger partial charge in [-0.1, -0.05) is 42.8 Å². The van der Waals surface area contributed by atoms with Crippen LogP contribution in [-0.4, -0.2) is 10.5 Å². The lowest BCUT2D eigenvalue weighted by Crippen LogP contribution is -2.25. The molecule has 3 heteroatoms. The molecule has 3 nitrogen and oxygen atoms in total. The summed E-state index contributed by atoms with van der Waals surface area (Å²) < 4.78 is 2.00. The molecule has 0 radical (unpaired) electrons. The number of fused-ring (bicyclic) bond motifs is 1. The molecule has 1 heterocycles. The Morgan fingerprint density at radius 1 is 1.08 bits per heavy atom. The van der Waals surface area contributed by atoms with E-state index in [1.165, 1.54) is 11.1 Å². The van der Waals surface area contributed by atoms with E-state index in [1.807, 2.05) is 30.7 Å². The van der Waals surface area contributed by atoms with Crippen LogP contribution in [0.15, 0.2) is 42.5 Å². The van der Waals surface area contributed by atoms with E-state index in [2.05, 4.69) is 49.5 Å². The molecule has 0 spiro atoms. The number of carbonyl (C=O) groups excluding carboxylic acids is 1. The van der Waals surface area contributed by atoms with Crippen LogP contribution in [0.3, 0.4) is 0 Å². The second kappa shape index (κ2) is 6.52. The van der Waals surface area contributed by atoms with Gasteiger partial charge in [0, 0.05) is 24.5 Å². The zero-order valence-corrected chi connectivity index (χ0v) is 14.8. The summed E-state index contributed by atoms with van der Waals surface area (Å²) in [6.07, 6.45) is 0.999. The average Bonchev–Trinajstić information content (AvgIpc) is 2.83. The minimum absolute atomic E-state index is 0.0224. The molecule has 3 aromatic rings. The first kappa shape index (κ1) is 16.3. The lowest BCUT2D eigenvalue weighted by molar-refractivity contribution is 0.0942. The van der Waals surface area contributed by atoms with Gasteiger partial charge in [0.1, 0.15) is 5.69 Å². The van der Waals surface area contributed by atoms with Crippen LogP contribution in [0.1, 0.15) is 39.7 Å². The van der Waals surface area contributed by atoms with Gasteiger partial charge in [-0.2, -0.15) is 0 Å². The fourth-order valence-corrected chi connectivity index (χ4v) is 3.31. The minimum atomic E-state index is -0.0224. The molecule has 1 aromatic heterocycles. The van der Waals surface area contributed by atoms with Gasteiger partial charge >= 0.3 is 0 Å². The van der Waals surface area contributed by atoms with E-state index < -0.39 is 0 Å². The molecular formula is C21H24N2O.